The molecule has 0 aliphatic rings. The first-order chi connectivity index (χ1) is 12.1. The summed E-state index contributed by atoms with van der Waals surface area (Å²) < 4.78 is 1.07. The molecular weight excluding hydrogens is 320 g/mol. The predicted octanol–water partition coefficient (Wildman–Crippen LogP) is 0.752. The first kappa shape index (κ1) is 16.6. The summed E-state index contributed by atoms with van der Waals surface area (Å²) in [6, 6.07) is 10.9. The lowest BCUT2D eigenvalue weighted by Gasteiger charge is -2.09. The number of H-pyrrole nitrogens is 1. The molecule has 0 spiro atoms. The molecular formula is C18H18N4O3. The molecule has 0 unspecified atom stereocenters. The fourth-order valence-corrected chi connectivity index (χ4v) is 2.64. The van der Waals surface area contributed by atoms with Gasteiger partial charge in [-0.05, 0) is 30.2 Å². The average Bonchev–Trinajstić information content (AvgIpc) is 2.60. The normalized spacial score (nSPS) is 10.8. The van der Waals surface area contributed by atoms with E-state index in [2.05, 4.69) is 15.3 Å². The number of aryl methyl sites for hydroxylation is 1. The summed E-state index contributed by atoms with van der Waals surface area (Å²) in [6.07, 6.45) is 1.77. The van der Waals surface area contributed by atoms with E-state index in [-0.39, 0.29) is 31.1 Å². The van der Waals surface area contributed by atoms with Crippen molar-refractivity contribution in [2.75, 3.05) is 6.54 Å². The minimum Gasteiger partial charge on any atom is -0.354 e. The Bertz CT molecular complexity index is 1040. The summed E-state index contributed by atoms with van der Waals surface area (Å²) in [6.45, 7) is 2.24. The summed E-state index contributed by atoms with van der Waals surface area (Å²) in [7, 11) is 0. The van der Waals surface area contributed by atoms with Crippen LogP contribution in [-0.4, -0.2) is 27.0 Å². The molecule has 0 saturated heterocycles. The molecule has 1 aromatic carbocycles. The van der Waals surface area contributed by atoms with E-state index in [0.29, 0.717) is 5.39 Å². The number of hydrogen-bond acceptors (Lipinski definition) is 4. The minimum absolute atomic E-state index is 0.0957. The van der Waals surface area contributed by atoms with Crippen LogP contribution in [0.15, 0.2) is 52.2 Å². The molecule has 1 amide bonds. The van der Waals surface area contributed by atoms with E-state index in [9.17, 15) is 14.4 Å². The molecule has 2 heterocycles. The second-order valence-corrected chi connectivity index (χ2v) is 5.74. The minimum atomic E-state index is -0.538. The zero-order chi connectivity index (χ0) is 17.8. The Morgan fingerprint density at radius 3 is 2.80 bits per heavy atom. The lowest BCUT2D eigenvalue weighted by atomic mass is 10.1. The topological polar surface area (TPSA) is 96.8 Å². The number of amides is 1. The molecule has 0 fully saturated rings. The van der Waals surface area contributed by atoms with Gasteiger partial charge < -0.3 is 5.32 Å². The number of nitrogens with one attached hydrogen (secondary N) is 2. The third-order valence-electron chi connectivity index (χ3n) is 4.02. The van der Waals surface area contributed by atoms with Crippen LogP contribution >= 0.6 is 0 Å². The number of hydrogen-bond donors (Lipinski definition) is 2. The maximum atomic E-state index is 12.4. The largest absolute Gasteiger partial charge is 0.354 e. The zero-order valence-corrected chi connectivity index (χ0v) is 13.8. The van der Waals surface area contributed by atoms with Crippen LogP contribution in [0.25, 0.3) is 11.0 Å². The highest BCUT2D eigenvalue weighted by Gasteiger charge is 2.09. The van der Waals surface area contributed by atoms with Crippen LogP contribution in [-0.2, 0) is 17.8 Å². The predicted molar refractivity (Wildman–Crippen MR) is 94.5 cm³/mol. The van der Waals surface area contributed by atoms with E-state index in [1.54, 1.807) is 12.1 Å². The van der Waals surface area contributed by atoms with Gasteiger partial charge in [0.05, 0.1) is 11.8 Å². The smallest absolute Gasteiger partial charge is 0.330 e. The molecule has 2 aromatic heterocycles. The van der Waals surface area contributed by atoms with Crippen molar-refractivity contribution in [3.05, 3.63) is 74.6 Å². The molecule has 7 heteroatoms. The molecule has 0 aliphatic carbocycles. The van der Waals surface area contributed by atoms with Gasteiger partial charge in [-0.2, -0.15) is 0 Å². The van der Waals surface area contributed by atoms with Gasteiger partial charge in [0.2, 0.25) is 5.91 Å². The second-order valence-electron chi connectivity index (χ2n) is 5.74. The Hall–Kier alpha value is -3.22. The summed E-state index contributed by atoms with van der Waals surface area (Å²) in [5.74, 6) is -0.152. The van der Waals surface area contributed by atoms with Crippen molar-refractivity contribution < 1.29 is 4.79 Å². The quantitative estimate of drug-likeness (QED) is 0.717. The van der Waals surface area contributed by atoms with Crippen molar-refractivity contribution in [3.8, 4) is 0 Å². The molecule has 0 atom stereocenters. The van der Waals surface area contributed by atoms with E-state index in [0.717, 1.165) is 15.7 Å². The van der Waals surface area contributed by atoms with Crippen LogP contribution < -0.4 is 16.6 Å². The van der Waals surface area contributed by atoms with Crippen molar-refractivity contribution in [2.24, 2.45) is 0 Å². The van der Waals surface area contributed by atoms with Gasteiger partial charge >= 0.3 is 5.69 Å². The van der Waals surface area contributed by atoms with Crippen LogP contribution in [0.4, 0.5) is 0 Å². The summed E-state index contributed by atoms with van der Waals surface area (Å²) in [5, 5.41) is 3.08. The van der Waals surface area contributed by atoms with E-state index in [4.69, 9.17) is 0 Å². The van der Waals surface area contributed by atoms with Crippen molar-refractivity contribution in [2.45, 2.75) is 19.9 Å². The summed E-state index contributed by atoms with van der Waals surface area (Å²) >= 11 is 0. The van der Waals surface area contributed by atoms with Gasteiger partial charge in [-0.25, -0.2) is 9.78 Å². The van der Waals surface area contributed by atoms with Crippen molar-refractivity contribution in [1.29, 1.82) is 0 Å². The molecule has 25 heavy (non-hydrogen) atoms. The standard InChI is InChI=1S/C18H18N4O3/c1-12-5-2-3-6-13(12)11-15(23)19-9-10-22-17(24)14-7-4-8-20-16(14)21-18(22)25/h2-8H,9-11H2,1H3,(H,19,23)(H,20,21,25). The van der Waals surface area contributed by atoms with Crippen LogP contribution in [0.2, 0.25) is 0 Å². The third kappa shape index (κ3) is 3.65. The Kier molecular flexibility index (Phi) is 4.74. The fraction of sp³-hybridized carbons (Fsp3) is 0.222. The lowest BCUT2D eigenvalue weighted by molar-refractivity contribution is -0.120. The van der Waals surface area contributed by atoms with Gasteiger partial charge in [-0.3, -0.25) is 19.1 Å². The van der Waals surface area contributed by atoms with Crippen molar-refractivity contribution in [1.82, 2.24) is 19.9 Å². The number of fused-ring (bicyclic) bond motifs is 1. The molecule has 2 N–H and O–H groups in total. The van der Waals surface area contributed by atoms with Gasteiger partial charge in [0, 0.05) is 19.3 Å². The summed E-state index contributed by atoms with van der Waals surface area (Å²) in [4.78, 5) is 43.0. The summed E-state index contributed by atoms with van der Waals surface area (Å²) in [5.41, 5.74) is 1.31. The lowest BCUT2D eigenvalue weighted by Crippen LogP contribution is -2.39. The molecule has 0 radical (unpaired) electrons. The van der Waals surface area contributed by atoms with Gasteiger partial charge in [0.25, 0.3) is 5.56 Å². The Morgan fingerprint density at radius 1 is 1.20 bits per heavy atom. The molecule has 128 valence electrons. The molecule has 7 nitrogen and oxygen atoms in total. The van der Waals surface area contributed by atoms with Gasteiger partial charge in [0.15, 0.2) is 0 Å². The number of pyridine rings is 1. The highest BCUT2D eigenvalue weighted by Crippen LogP contribution is 2.07. The van der Waals surface area contributed by atoms with E-state index in [1.807, 2.05) is 31.2 Å². The van der Waals surface area contributed by atoms with Crippen LogP contribution in [0.1, 0.15) is 11.1 Å². The first-order valence-electron chi connectivity index (χ1n) is 7.95. The zero-order valence-electron chi connectivity index (χ0n) is 13.8. The van der Waals surface area contributed by atoms with Crippen LogP contribution in [0, 0.1) is 6.92 Å². The SMILES string of the molecule is Cc1ccccc1CC(=O)NCCn1c(=O)[nH]c2ncccc2c1=O. The van der Waals surface area contributed by atoms with Crippen molar-refractivity contribution in [3.63, 3.8) is 0 Å². The number of aromatic nitrogens is 3. The Labute approximate surface area is 143 Å². The highest BCUT2D eigenvalue weighted by molar-refractivity contribution is 5.78. The van der Waals surface area contributed by atoms with Gasteiger partial charge in [-0.1, -0.05) is 24.3 Å². The number of carbonyl (C=O) groups is 1. The third-order valence-corrected chi connectivity index (χ3v) is 4.02. The van der Waals surface area contributed by atoms with Crippen LogP contribution in [0.3, 0.4) is 0 Å². The van der Waals surface area contributed by atoms with E-state index >= 15 is 0 Å². The molecule has 3 aromatic rings. The maximum absolute atomic E-state index is 12.4. The number of aromatic amines is 1. The molecule has 0 saturated carbocycles. The number of carbonyl (C=O) groups excluding carboxylic acids is 1. The van der Waals surface area contributed by atoms with E-state index in [1.165, 1.54) is 6.20 Å². The van der Waals surface area contributed by atoms with Gasteiger partial charge in [-0.15, -0.1) is 0 Å². The van der Waals surface area contributed by atoms with Crippen LogP contribution in [0.5, 0.6) is 0 Å². The molecule has 3 rings (SSSR count). The van der Waals surface area contributed by atoms with Crippen molar-refractivity contribution >= 4 is 16.9 Å². The Morgan fingerprint density at radius 2 is 2.00 bits per heavy atom. The fourth-order valence-electron chi connectivity index (χ4n) is 2.64. The second kappa shape index (κ2) is 7.12. The average molecular weight is 338 g/mol. The maximum Gasteiger partial charge on any atom is 0.330 e. The number of nitrogens with zero attached hydrogens (tertiary/aromatic N) is 2. The first-order valence-corrected chi connectivity index (χ1v) is 7.95. The molecule has 0 bridgehead atoms. The van der Waals surface area contributed by atoms with E-state index < -0.39 is 11.2 Å². The Balaban J connectivity index is 1.67. The molecule has 0 aliphatic heterocycles. The monoisotopic (exact) mass is 338 g/mol. The highest BCUT2D eigenvalue weighted by atomic mass is 16.2. The number of rotatable bonds is 5. The number of benzene rings is 1. The van der Waals surface area contributed by atoms with Gasteiger partial charge in [0.1, 0.15) is 5.65 Å².